The maximum atomic E-state index is 11.7. The molecule has 0 bridgehead atoms. The van der Waals surface area contributed by atoms with Crippen LogP contribution in [0.2, 0.25) is 0 Å². The monoisotopic (exact) mass is 237 g/mol. The highest BCUT2D eigenvalue weighted by atomic mass is 16.5. The van der Waals surface area contributed by atoms with Crippen LogP contribution in [0.15, 0.2) is 24.3 Å². The molecule has 1 unspecified atom stereocenters. The van der Waals surface area contributed by atoms with Crippen molar-refractivity contribution in [3.8, 4) is 0 Å². The van der Waals surface area contributed by atoms with Crippen molar-refractivity contribution in [1.29, 1.82) is 0 Å². The van der Waals surface area contributed by atoms with E-state index in [0.717, 1.165) is 5.56 Å². The van der Waals surface area contributed by atoms with E-state index in [1.807, 2.05) is 6.92 Å². The summed E-state index contributed by atoms with van der Waals surface area (Å²) in [6.07, 6.45) is 0. The van der Waals surface area contributed by atoms with Crippen LogP contribution in [0.4, 0.5) is 0 Å². The van der Waals surface area contributed by atoms with Gasteiger partial charge in [0, 0.05) is 5.56 Å². The Labute approximate surface area is 99.4 Å². The lowest BCUT2D eigenvalue weighted by atomic mass is 10.1. The molecular weight excluding hydrogens is 222 g/mol. The van der Waals surface area contributed by atoms with Crippen molar-refractivity contribution < 1.29 is 19.4 Å². The molecule has 5 heteroatoms. The van der Waals surface area contributed by atoms with Crippen LogP contribution >= 0.6 is 0 Å². The molecule has 0 saturated heterocycles. The molecule has 0 aromatic heterocycles. The third-order valence-electron chi connectivity index (χ3n) is 2.29. The molecule has 0 heterocycles. The van der Waals surface area contributed by atoms with Gasteiger partial charge in [0.2, 0.25) is 0 Å². The summed E-state index contributed by atoms with van der Waals surface area (Å²) in [5.74, 6) is -1.09. The molecule has 5 nitrogen and oxygen atoms in total. The SMILES string of the molecule is COC(=O)C(CO)NC(=O)c1ccc(C)cc1. The molecule has 0 radical (unpaired) electrons. The fourth-order valence-electron chi connectivity index (χ4n) is 1.27. The summed E-state index contributed by atoms with van der Waals surface area (Å²) < 4.78 is 4.45. The van der Waals surface area contributed by atoms with Crippen molar-refractivity contribution in [3.05, 3.63) is 35.4 Å². The summed E-state index contributed by atoms with van der Waals surface area (Å²) in [6.45, 7) is 1.41. The number of esters is 1. The van der Waals surface area contributed by atoms with E-state index < -0.39 is 24.5 Å². The molecule has 1 amide bonds. The normalized spacial score (nSPS) is 11.7. The third kappa shape index (κ3) is 3.57. The zero-order chi connectivity index (χ0) is 12.8. The first-order valence-corrected chi connectivity index (χ1v) is 5.14. The Hall–Kier alpha value is -1.88. The van der Waals surface area contributed by atoms with Gasteiger partial charge in [-0.15, -0.1) is 0 Å². The van der Waals surface area contributed by atoms with Crippen molar-refractivity contribution in [2.75, 3.05) is 13.7 Å². The van der Waals surface area contributed by atoms with E-state index in [1.54, 1.807) is 24.3 Å². The topological polar surface area (TPSA) is 75.6 Å². The predicted molar refractivity (Wildman–Crippen MR) is 61.5 cm³/mol. The maximum Gasteiger partial charge on any atom is 0.330 e. The van der Waals surface area contributed by atoms with Crippen LogP contribution in [-0.4, -0.2) is 36.7 Å². The summed E-state index contributed by atoms with van der Waals surface area (Å²) in [5, 5.41) is 11.3. The summed E-state index contributed by atoms with van der Waals surface area (Å²) in [4.78, 5) is 22.9. The summed E-state index contributed by atoms with van der Waals surface area (Å²) >= 11 is 0. The summed E-state index contributed by atoms with van der Waals surface area (Å²) in [7, 11) is 1.20. The van der Waals surface area contributed by atoms with Crippen LogP contribution in [0.5, 0.6) is 0 Å². The fraction of sp³-hybridized carbons (Fsp3) is 0.333. The minimum absolute atomic E-state index is 0.422. The minimum atomic E-state index is -1.03. The smallest absolute Gasteiger partial charge is 0.330 e. The molecule has 0 fully saturated rings. The molecular formula is C12H15NO4. The maximum absolute atomic E-state index is 11.7. The number of carbonyl (C=O) groups excluding carboxylic acids is 2. The number of aliphatic hydroxyl groups excluding tert-OH is 1. The van der Waals surface area contributed by atoms with E-state index in [0.29, 0.717) is 5.56 Å². The Morgan fingerprint density at radius 2 is 1.94 bits per heavy atom. The molecule has 2 N–H and O–H groups in total. The quantitative estimate of drug-likeness (QED) is 0.736. The Balaban J connectivity index is 2.71. The number of ether oxygens (including phenoxy) is 1. The lowest BCUT2D eigenvalue weighted by Gasteiger charge is -2.13. The van der Waals surface area contributed by atoms with E-state index in [1.165, 1.54) is 7.11 Å². The van der Waals surface area contributed by atoms with Gasteiger partial charge in [-0.1, -0.05) is 17.7 Å². The molecule has 0 aliphatic carbocycles. The van der Waals surface area contributed by atoms with Crippen LogP contribution in [0.3, 0.4) is 0 Å². The second-order valence-electron chi connectivity index (χ2n) is 3.60. The number of carbonyl (C=O) groups is 2. The number of benzene rings is 1. The number of nitrogens with one attached hydrogen (secondary N) is 1. The summed E-state index contributed by atoms with van der Waals surface area (Å²) in [5.41, 5.74) is 1.46. The number of hydrogen-bond donors (Lipinski definition) is 2. The van der Waals surface area contributed by atoms with Gasteiger partial charge in [0.25, 0.3) is 5.91 Å². The van der Waals surface area contributed by atoms with E-state index >= 15 is 0 Å². The van der Waals surface area contributed by atoms with Crippen molar-refractivity contribution in [2.45, 2.75) is 13.0 Å². The zero-order valence-corrected chi connectivity index (χ0v) is 9.77. The highest BCUT2D eigenvalue weighted by Gasteiger charge is 2.20. The minimum Gasteiger partial charge on any atom is -0.467 e. The lowest BCUT2D eigenvalue weighted by Crippen LogP contribution is -2.44. The Kier molecular flexibility index (Phi) is 4.66. The Bertz CT molecular complexity index is 399. The van der Waals surface area contributed by atoms with Crippen molar-refractivity contribution in [3.63, 3.8) is 0 Å². The van der Waals surface area contributed by atoms with Crippen molar-refractivity contribution in [1.82, 2.24) is 5.32 Å². The Morgan fingerprint density at radius 3 is 2.41 bits per heavy atom. The van der Waals surface area contributed by atoms with Gasteiger partial charge in [-0.05, 0) is 19.1 Å². The second kappa shape index (κ2) is 6.00. The van der Waals surface area contributed by atoms with Gasteiger partial charge in [-0.25, -0.2) is 4.79 Å². The molecule has 0 saturated carbocycles. The number of aryl methyl sites for hydroxylation is 1. The second-order valence-corrected chi connectivity index (χ2v) is 3.60. The largest absolute Gasteiger partial charge is 0.467 e. The van der Waals surface area contributed by atoms with E-state index in [9.17, 15) is 9.59 Å². The molecule has 1 aromatic rings. The van der Waals surface area contributed by atoms with Crippen LogP contribution in [0.25, 0.3) is 0 Å². The zero-order valence-electron chi connectivity index (χ0n) is 9.77. The summed E-state index contributed by atoms with van der Waals surface area (Å²) in [6, 6.07) is 5.85. The molecule has 1 rings (SSSR count). The number of rotatable bonds is 4. The molecule has 1 aromatic carbocycles. The van der Waals surface area contributed by atoms with Crippen LogP contribution < -0.4 is 5.32 Å². The van der Waals surface area contributed by atoms with Crippen LogP contribution in [-0.2, 0) is 9.53 Å². The molecule has 17 heavy (non-hydrogen) atoms. The number of methoxy groups -OCH3 is 1. The molecule has 0 aliphatic heterocycles. The van der Waals surface area contributed by atoms with E-state index in [2.05, 4.69) is 10.1 Å². The number of hydrogen-bond acceptors (Lipinski definition) is 4. The number of amides is 1. The van der Waals surface area contributed by atoms with Gasteiger partial charge in [-0.3, -0.25) is 4.79 Å². The van der Waals surface area contributed by atoms with Gasteiger partial charge >= 0.3 is 5.97 Å². The van der Waals surface area contributed by atoms with Crippen molar-refractivity contribution in [2.24, 2.45) is 0 Å². The van der Waals surface area contributed by atoms with Crippen LogP contribution in [0, 0.1) is 6.92 Å². The Morgan fingerprint density at radius 1 is 1.35 bits per heavy atom. The first-order chi connectivity index (χ1) is 8.08. The van der Waals surface area contributed by atoms with Crippen molar-refractivity contribution >= 4 is 11.9 Å². The van der Waals surface area contributed by atoms with E-state index in [4.69, 9.17) is 5.11 Å². The van der Waals surface area contributed by atoms with Gasteiger partial charge in [0.15, 0.2) is 6.04 Å². The molecule has 0 spiro atoms. The highest BCUT2D eigenvalue weighted by Crippen LogP contribution is 2.03. The molecule has 92 valence electrons. The van der Waals surface area contributed by atoms with Gasteiger partial charge in [-0.2, -0.15) is 0 Å². The molecule has 1 atom stereocenters. The highest BCUT2D eigenvalue weighted by molar-refractivity contribution is 5.96. The van der Waals surface area contributed by atoms with Gasteiger partial charge < -0.3 is 15.2 Å². The first kappa shape index (κ1) is 13.2. The average Bonchev–Trinajstić information content (AvgIpc) is 2.35. The molecule has 0 aliphatic rings. The predicted octanol–water partition coefficient (Wildman–Crippen LogP) is 0.259. The standard InChI is InChI=1S/C12H15NO4/c1-8-3-5-9(6-4-8)11(15)13-10(7-14)12(16)17-2/h3-6,10,14H,7H2,1-2H3,(H,13,15). The van der Waals surface area contributed by atoms with Gasteiger partial charge in [0.05, 0.1) is 13.7 Å². The number of aliphatic hydroxyl groups is 1. The fourth-order valence-corrected chi connectivity index (χ4v) is 1.27. The third-order valence-corrected chi connectivity index (χ3v) is 2.29. The lowest BCUT2D eigenvalue weighted by molar-refractivity contribution is -0.143. The first-order valence-electron chi connectivity index (χ1n) is 5.14. The van der Waals surface area contributed by atoms with Gasteiger partial charge in [0.1, 0.15) is 0 Å². The van der Waals surface area contributed by atoms with Crippen LogP contribution in [0.1, 0.15) is 15.9 Å². The van der Waals surface area contributed by atoms with E-state index in [-0.39, 0.29) is 0 Å². The average molecular weight is 237 g/mol.